The van der Waals surface area contributed by atoms with Crippen molar-refractivity contribution < 1.29 is 9.90 Å². The monoisotopic (exact) mass is 303 g/mol. The lowest BCUT2D eigenvalue weighted by molar-refractivity contribution is 0.0709. The number of aliphatic hydroxyl groups is 1. The van der Waals surface area contributed by atoms with Crippen LogP contribution >= 0.6 is 0 Å². The van der Waals surface area contributed by atoms with E-state index in [-0.39, 0.29) is 18.1 Å². The maximum atomic E-state index is 11.9. The van der Waals surface area contributed by atoms with E-state index in [4.69, 9.17) is 0 Å². The van der Waals surface area contributed by atoms with E-state index in [0.717, 1.165) is 37.0 Å². The van der Waals surface area contributed by atoms with Gasteiger partial charge in [0.15, 0.2) is 5.65 Å². The van der Waals surface area contributed by atoms with E-state index >= 15 is 0 Å². The van der Waals surface area contributed by atoms with Gasteiger partial charge in [-0.1, -0.05) is 12.8 Å². The number of aliphatic hydroxyl groups excluding tert-OH is 1. The highest BCUT2D eigenvalue weighted by atomic mass is 16.3. The van der Waals surface area contributed by atoms with E-state index < -0.39 is 0 Å². The fourth-order valence-corrected chi connectivity index (χ4v) is 2.90. The molecule has 2 aromatic rings. The van der Waals surface area contributed by atoms with Crippen LogP contribution in [0.3, 0.4) is 0 Å². The largest absolute Gasteiger partial charge is 0.393 e. The predicted molar refractivity (Wildman–Crippen MR) is 81.2 cm³/mol. The Kier molecular flexibility index (Phi) is 4.53. The number of carbonyl (C=O) groups excluding carboxylic acids is 1. The van der Waals surface area contributed by atoms with Crippen molar-refractivity contribution >= 4 is 11.7 Å². The highest BCUT2D eigenvalue weighted by molar-refractivity contribution is 5.73. The molecule has 2 aromatic heterocycles. The van der Waals surface area contributed by atoms with Crippen LogP contribution in [0.2, 0.25) is 0 Å². The molecular weight excluding hydrogens is 282 g/mol. The summed E-state index contributed by atoms with van der Waals surface area (Å²) in [6.07, 6.45) is 7.09. The molecule has 2 unspecified atom stereocenters. The van der Waals surface area contributed by atoms with E-state index in [9.17, 15) is 9.90 Å². The standard InChI is InChI=1S/C15H21N5O2/c21-13-4-2-1-3-11(13)9-17-15(22)18-10-12-5-7-16-14-6-8-19-20(12)14/h5-8,11,13,21H,1-4,9-10H2,(H2,17,18,22). The van der Waals surface area contributed by atoms with Crippen LogP contribution < -0.4 is 10.6 Å². The fraction of sp³-hybridized carbons (Fsp3) is 0.533. The molecule has 0 spiro atoms. The van der Waals surface area contributed by atoms with E-state index in [1.54, 1.807) is 16.9 Å². The summed E-state index contributed by atoms with van der Waals surface area (Å²) in [5.74, 6) is 0.165. The summed E-state index contributed by atoms with van der Waals surface area (Å²) in [6.45, 7) is 0.889. The maximum absolute atomic E-state index is 11.9. The molecule has 22 heavy (non-hydrogen) atoms. The Hall–Kier alpha value is -2.15. The molecule has 7 heteroatoms. The third kappa shape index (κ3) is 3.36. The van der Waals surface area contributed by atoms with Crippen molar-refractivity contribution in [2.45, 2.75) is 38.3 Å². The molecule has 2 amide bonds. The molecule has 1 saturated carbocycles. The number of fused-ring (bicyclic) bond motifs is 1. The van der Waals surface area contributed by atoms with E-state index in [1.807, 2.05) is 12.1 Å². The molecule has 0 aliphatic heterocycles. The molecule has 0 saturated heterocycles. The summed E-state index contributed by atoms with van der Waals surface area (Å²) in [4.78, 5) is 16.1. The van der Waals surface area contributed by atoms with Crippen molar-refractivity contribution in [1.29, 1.82) is 0 Å². The summed E-state index contributed by atoms with van der Waals surface area (Å²) in [7, 11) is 0. The van der Waals surface area contributed by atoms with E-state index in [0.29, 0.717) is 13.1 Å². The second kappa shape index (κ2) is 6.74. The lowest BCUT2D eigenvalue weighted by Gasteiger charge is -2.27. The van der Waals surface area contributed by atoms with Crippen molar-refractivity contribution in [3.63, 3.8) is 0 Å². The van der Waals surface area contributed by atoms with Gasteiger partial charge in [-0.05, 0) is 18.9 Å². The van der Waals surface area contributed by atoms with Gasteiger partial charge in [-0.2, -0.15) is 5.10 Å². The summed E-state index contributed by atoms with van der Waals surface area (Å²) < 4.78 is 1.70. The average molecular weight is 303 g/mol. The number of hydrogen-bond donors (Lipinski definition) is 3. The van der Waals surface area contributed by atoms with E-state index in [2.05, 4.69) is 20.7 Å². The van der Waals surface area contributed by atoms with Gasteiger partial charge < -0.3 is 15.7 Å². The number of nitrogens with one attached hydrogen (secondary N) is 2. The van der Waals surface area contributed by atoms with Gasteiger partial charge >= 0.3 is 6.03 Å². The molecule has 2 atom stereocenters. The number of hydrogen-bond acceptors (Lipinski definition) is 4. The smallest absolute Gasteiger partial charge is 0.315 e. The molecule has 118 valence electrons. The van der Waals surface area contributed by atoms with Crippen molar-refractivity contribution in [1.82, 2.24) is 25.2 Å². The highest BCUT2D eigenvalue weighted by Crippen LogP contribution is 2.23. The van der Waals surface area contributed by atoms with Crippen LogP contribution in [0.4, 0.5) is 4.79 Å². The van der Waals surface area contributed by atoms with Crippen LogP contribution in [0, 0.1) is 5.92 Å². The number of nitrogens with zero attached hydrogens (tertiary/aromatic N) is 3. The Morgan fingerprint density at radius 3 is 3.00 bits per heavy atom. The van der Waals surface area contributed by atoms with Gasteiger partial charge in [0.25, 0.3) is 0 Å². The molecule has 7 nitrogen and oxygen atoms in total. The lowest BCUT2D eigenvalue weighted by Crippen LogP contribution is -2.41. The van der Waals surface area contributed by atoms with Crippen LogP contribution in [-0.2, 0) is 6.54 Å². The normalized spacial score (nSPS) is 21.7. The van der Waals surface area contributed by atoms with Gasteiger partial charge in [-0.25, -0.2) is 14.3 Å². The fourth-order valence-electron chi connectivity index (χ4n) is 2.90. The minimum absolute atomic E-state index is 0.165. The Morgan fingerprint density at radius 2 is 2.14 bits per heavy atom. The molecule has 1 aliphatic rings. The summed E-state index contributed by atoms with van der Waals surface area (Å²) >= 11 is 0. The predicted octanol–water partition coefficient (Wildman–Crippen LogP) is 1.08. The number of carbonyl (C=O) groups is 1. The second-order valence-electron chi connectivity index (χ2n) is 5.71. The van der Waals surface area contributed by atoms with Gasteiger partial charge in [-0.15, -0.1) is 0 Å². The first-order valence-electron chi connectivity index (χ1n) is 7.71. The Balaban J connectivity index is 1.49. The van der Waals surface area contributed by atoms with Gasteiger partial charge in [-0.3, -0.25) is 0 Å². The first-order chi connectivity index (χ1) is 10.7. The minimum Gasteiger partial charge on any atom is -0.393 e. The first kappa shape index (κ1) is 14.8. The van der Waals surface area contributed by atoms with Crippen LogP contribution in [0.15, 0.2) is 24.5 Å². The molecule has 0 bridgehead atoms. The Bertz CT molecular complexity index is 642. The third-order valence-corrected chi connectivity index (χ3v) is 4.19. The van der Waals surface area contributed by atoms with Crippen molar-refractivity contribution in [2.75, 3.05) is 6.54 Å². The molecule has 0 radical (unpaired) electrons. The summed E-state index contributed by atoms with van der Waals surface area (Å²) in [5.41, 5.74) is 1.62. The molecule has 2 heterocycles. The minimum atomic E-state index is -0.294. The summed E-state index contributed by atoms with van der Waals surface area (Å²) in [5, 5.41) is 19.7. The zero-order chi connectivity index (χ0) is 15.4. The number of rotatable bonds is 4. The van der Waals surface area contributed by atoms with Gasteiger partial charge in [0.2, 0.25) is 0 Å². The second-order valence-corrected chi connectivity index (χ2v) is 5.71. The van der Waals surface area contributed by atoms with Crippen molar-refractivity contribution in [2.24, 2.45) is 5.92 Å². The number of amides is 2. The number of aromatic nitrogens is 3. The van der Waals surface area contributed by atoms with Gasteiger partial charge in [0.05, 0.1) is 24.5 Å². The van der Waals surface area contributed by atoms with Crippen LogP contribution in [0.1, 0.15) is 31.4 Å². The Labute approximate surface area is 128 Å². The first-order valence-corrected chi connectivity index (χ1v) is 7.71. The SMILES string of the molecule is O=C(NCc1ccnc2ccnn12)NCC1CCCCC1O. The van der Waals surface area contributed by atoms with Crippen LogP contribution in [-0.4, -0.2) is 38.4 Å². The molecular formula is C15H21N5O2. The third-order valence-electron chi connectivity index (χ3n) is 4.19. The van der Waals surface area contributed by atoms with E-state index in [1.165, 1.54) is 0 Å². The topological polar surface area (TPSA) is 91.6 Å². The summed E-state index contributed by atoms with van der Waals surface area (Å²) in [6, 6.07) is 3.41. The number of urea groups is 1. The zero-order valence-corrected chi connectivity index (χ0v) is 12.4. The van der Waals surface area contributed by atoms with Crippen molar-refractivity contribution in [3.05, 3.63) is 30.2 Å². The molecule has 0 aromatic carbocycles. The molecule has 3 rings (SSSR count). The highest BCUT2D eigenvalue weighted by Gasteiger charge is 2.23. The Morgan fingerprint density at radius 1 is 1.27 bits per heavy atom. The molecule has 1 fully saturated rings. The van der Waals surface area contributed by atoms with Crippen LogP contribution in [0.25, 0.3) is 5.65 Å². The van der Waals surface area contributed by atoms with Crippen molar-refractivity contribution in [3.8, 4) is 0 Å². The quantitative estimate of drug-likeness (QED) is 0.788. The average Bonchev–Trinajstić information content (AvgIpc) is 3.01. The van der Waals surface area contributed by atoms with Gasteiger partial charge in [0.1, 0.15) is 0 Å². The zero-order valence-electron chi connectivity index (χ0n) is 12.4. The molecule has 3 N–H and O–H groups in total. The van der Waals surface area contributed by atoms with Gasteiger partial charge in [0, 0.05) is 24.7 Å². The molecule has 1 aliphatic carbocycles. The maximum Gasteiger partial charge on any atom is 0.315 e. The van der Waals surface area contributed by atoms with Crippen LogP contribution in [0.5, 0.6) is 0 Å². The lowest BCUT2D eigenvalue weighted by atomic mass is 9.86.